The Hall–Kier alpha value is -0.510. The summed E-state index contributed by atoms with van der Waals surface area (Å²) in [7, 11) is 0. The van der Waals surface area contributed by atoms with Crippen LogP contribution in [-0.4, -0.2) is 33.3 Å². The minimum Gasteiger partial charge on any atom is -0.377 e. The van der Waals surface area contributed by atoms with Gasteiger partial charge in [0.25, 0.3) is 0 Å². The molecule has 2 aliphatic heterocycles. The Morgan fingerprint density at radius 2 is 1.90 bits per heavy atom. The highest BCUT2D eigenvalue weighted by atomic mass is 32.2. The first kappa shape index (κ1) is 15.4. The molecule has 0 aliphatic carbocycles. The van der Waals surface area contributed by atoms with E-state index in [1.165, 1.54) is 18.4 Å². The largest absolute Gasteiger partial charge is 0.377 e. The van der Waals surface area contributed by atoms with Crippen molar-refractivity contribution in [3.05, 3.63) is 35.9 Å². The summed E-state index contributed by atoms with van der Waals surface area (Å²) < 4.78 is -0.0411. The van der Waals surface area contributed by atoms with Gasteiger partial charge in [-0.2, -0.15) is 11.8 Å². The lowest BCUT2D eigenvalue weighted by Crippen LogP contribution is -2.61. The molecule has 0 spiro atoms. The van der Waals surface area contributed by atoms with Crippen LogP contribution < -0.4 is 0 Å². The van der Waals surface area contributed by atoms with Crippen LogP contribution in [0, 0.1) is 5.92 Å². The lowest BCUT2D eigenvalue weighted by atomic mass is 9.77. The number of benzene rings is 1. The van der Waals surface area contributed by atoms with Gasteiger partial charge in [0.1, 0.15) is 6.23 Å². The van der Waals surface area contributed by atoms with Gasteiger partial charge >= 0.3 is 0 Å². The van der Waals surface area contributed by atoms with E-state index in [4.69, 9.17) is 0 Å². The van der Waals surface area contributed by atoms with Crippen molar-refractivity contribution in [1.29, 1.82) is 0 Å². The van der Waals surface area contributed by atoms with E-state index in [0.29, 0.717) is 18.0 Å². The van der Waals surface area contributed by atoms with Gasteiger partial charge < -0.3 is 5.11 Å². The van der Waals surface area contributed by atoms with Gasteiger partial charge in [0.2, 0.25) is 0 Å². The molecule has 5 atom stereocenters. The van der Waals surface area contributed by atoms with Gasteiger partial charge in [-0.3, -0.25) is 4.90 Å². The molecule has 2 fully saturated rings. The minimum atomic E-state index is -0.348. The van der Waals surface area contributed by atoms with Gasteiger partial charge in [0.05, 0.1) is 4.75 Å². The first-order chi connectivity index (χ1) is 10.1. The molecule has 0 radical (unpaired) electrons. The zero-order valence-corrected chi connectivity index (χ0v) is 14.1. The highest BCUT2D eigenvalue weighted by molar-refractivity contribution is 8.00. The number of piperidine rings is 2. The molecule has 0 bridgehead atoms. The van der Waals surface area contributed by atoms with E-state index in [2.05, 4.69) is 55.3 Å². The fourth-order valence-electron chi connectivity index (χ4n) is 4.17. The standard InChI is InChI=1S/C18H27NOS/c1-13-9-10-16(14-7-5-4-6-8-14)19-15(13)11-12-18(2,21-3)17(19)20/h4-8,13,15-17,20H,9-12H2,1-3H3/t13-,15-,16-,17+,18+/m1/s1. The van der Waals surface area contributed by atoms with Crippen molar-refractivity contribution in [3.8, 4) is 0 Å². The summed E-state index contributed by atoms with van der Waals surface area (Å²) in [6.45, 7) is 4.58. The number of fused-ring (bicyclic) bond motifs is 1. The number of aliphatic hydroxyl groups excluding tert-OH is 1. The second-order valence-electron chi connectivity index (χ2n) is 6.92. The molecule has 0 unspecified atom stereocenters. The van der Waals surface area contributed by atoms with Gasteiger partial charge in [-0.25, -0.2) is 0 Å². The summed E-state index contributed by atoms with van der Waals surface area (Å²) in [5.74, 6) is 0.686. The monoisotopic (exact) mass is 305 g/mol. The molecule has 116 valence electrons. The predicted molar refractivity (Wildman–Crippen MR) is 90.4 cm³/mol. The van der Waals surface area contributed by atoms with Crippen molar-refractivity contribution >= 4 is 11.8 Å². The Labute approximate surface area is 132 Å². The average Bonchev–Trinajstić information content (AvgIpc) is 2.52. The Balaban J connectivity index is 1.95. The van der Waals surface area contributed by atoms with Crippen molar-refractivity contribution < 1.29 is 5.11 Å². The molecular weight excluding hydrogens is 278 g/mol. The molecule has 3 rings (SSSR count). The van der Waals surface area contributed by atoms with Crippen molar-refractivity contribution in [2.75, 3.05) is 6.26 Å². The fraction of sp³-hybridized carbons (Fsp3) is 0.667. The average molecular weight is 305 g/mol. The van der Waals surface area contributed by atoms with Gasteiger partial charge in [0, 0.05) is 12.1 Å². The van der Waals surface area contributed by atoms with Crippen LogP contribution in [0.5, 0.6) is 0 Å². The molecule has 2 nitrogen and oxygen atoms in total. The van der Waals surface area contributed by atoms with Gasteiger partial charge in [-0.05, 0) is 50.3 Å². The third-order valence-electron chi connectivity index (χ3n) is 5.71. The molecule has 0 aromatic heterocycles. The number of thioether (sulfide) groups is 1. The maximum atomic E-state index is 11.1. The third kappa shape index (κ3) is 2.64. The van der Waals surface area contributed by atoms with Gasteiger partial charge in [-0.1, -0.05) is 37.3 Å². The topological polar surface area (TPSA) is 23.5 Å². The van der Waals surface area contributed by atoms with Crippen LogP contribution in [0.2, 0.25) is 0 Å². The Morgan fingerprint density at radius 3 is 2.57 bits per heavy atom. The summed E-state index contributed by atoms with van der Waals surface area (Å²) in [6.07, 6.45) is 6.53. The quantitative estimate of drug-likeness (QED) is 0.891. The van der Waals surface area contributed by atoms with E-state index in [1.807, 2.05) is 11.8 Å². The van der Waals surface area contributed by atoms with E-state index in [1.54, 1.807) is 0 Å². The lowest BCUT2D eigenvalue weighted by Gasteiger charge is -2.56. The zero-order chi connectivity index (χ0) is 15.0. The molecule has 1 aromatic rings. The van der Waals surface area contributed by atoms with E-state index in [0.717, 1.165) is 12.8 Å². The maximum Gasteiger partial charge on any atom is 0.122 e. The number of hydrogen-bond acceptors (Lipinski definition) is 3. The van der Waals surface area contributed by atoms with Crippen molar-refractivity contribution in [1.82, 2.24) is 4.90 Å². The predicted octanol–water partition coefficient (Wildman–Crippen LogP) is 4.06. The van der Waals surface area contributed by atoms with E-state index >= 15 is 0 Å². The first-order valence-corrected chi connectivity index (χ1v) is 9.35. The third-order valence-corrected chi connectivity index (χ3v) is 7.06. The van der Waals surface area contributed by atoms with Gasteiger partial charge in [-0.15, -0.1) is 0 Å². The molecule has 1 N–H and O–H groups in total. The molecule has 21 heavy (non-hydrogen) atoms. The molecule has 0 amide bonds. The van der Waals surface area contributed by atoms with Crippen molar-refractivity contribution in [2.24, 2.45) is 5.92 Å². The molecule has 0 saturated carbocycles. The highest BCUT2D eigenvalue weighted by Crippen LogP contribution is 2.48. The summed E-state index contributed by atoms with van der Waals surface area (Å²) in [5.41, 5.74) is 1.36. The van der Waals surface area contributed by atoms with Crippen molar-refractivity contribution in [3.63, 3.8) is 0 Å². The summed E-state index contributed by atoms with van der Waals surface area (Å²) in [6, 6.07) is 11.6. The summed E-state index contributed by atoms with van der Waals surface area (Å²) in [5, 5.41) is 11.1. The van der Waals surface area contributed by atoms with Crippen LogP contribution in [0.15, 0.2) is 30.3 Å². The fourth-order valence-corrected chi connectivity index (χ4v) is 4.83. The number of aliphatic hydroxyl groups is 1. The maximum absolute atomic E-state index is 11.1. The van der Waals surface area contributed by atoms with Crippen molar-refractivity contribution in [2.45, 2.75) is 62.6 Å². The van der Waals surface area contributed by atoms with E-state index in [-0.39, 0.29) is 11.0 Å². The Bertz CT molecular complexity index is 479. The number of hydrogen-bond donors (Lipinski definition) is 1. The van der Waals surface area contributed by atoms with E-state index < -0.39 is 0 Å². The minimum absolute atomic E-state index is 0.0411. The molecule has 2 aliphatic rings. The van der Waals surface area contributed by atoms with E-state index in [9.17, 15) is 5.11 Å². The second kappa shape index (κ2) is 5.94. The zero-order valence-electron chi connectivity index (χ0n) is 13.3. The van der Waals surface area contributed by atoms with Crippen LogP contribution in [0.4, 0.5) is 0 Å². The second-order valence-corrected chi connectivity index (χ2v) is 8.27. The molecular formula is C18H27NOS. The molecule has 2 saturated heterocycles. The highest BCUT2D eigenvalue weighted by Gasteiger charge is 2.49. The van der Waals surface area contributed by atoms with Gasteiger partial charge in [0.15, 0.2) is 0 Å². The molecule has 1 aromatic carbocycles. The van der Waals surface area contributed by atoms with Crippen LogP contribution in [0.1, 0.15) is 51.1 Å². The van der Waals surface area contributed by atoms with Crippen LogP contribution in [-0.2, 0) is 0 Å². The molecule has 3 heteroatoms. The summed E-state index contributed by atoms with van der Waals surface area (Å²) >= 11 is 1.82. The Morgan fingerprint density at radius 1 is 1.19 bits per heavy atom. The SMILES string of the molecule is CS[C@@]1(C)CC[C@@H]2[C@H](C)CC[C@H](c3ccccc3)N2[C@H]1O. The normalized spacial score (nSPS) is 40.8. The Kier molecular flexibility index (Phi) is 4.35. The first-order valence-electron chi connectivity index (χ1n) is 8.12. The lowest BCUT2D eigenvalue weighted by molar-refractivity contribution is -0.132. The van der Waals surface area contributed by atoms with Crippen LogP contribution >= 0.6 is 11.8 Å². The van der Waals surface area contributed by atoms with Crippen LogP contribution in [0.3, 0.4) is 0 Å². The summed E-state index contributed by atoms with van der Waals surface area (Å²) in [4.78, 5) is 2.43. The number of nitrogens with zero attached hydrogens (tertiary/aromatic N) is 1. The molecule has 2 heterocycles. The van der Waals surface area contributed by atoms with Crippen LogP contribution in [0.25, 0.3) is 0 Å². The smallest absolute Gasteiger partial charge is 0.122 e. The number of rotatable bonds is 2.